The lowest BCUT2D eigenvalue weighted by molar-refractivity contribution is -0.148. The minimum absolute atomic E-state index is 0.340. The number of alkyl halides is 3. The monoisotopic (exact) mass is 222 g/mol. The Bertz CT molecular complexity index is 195. The van der Waals surface area contributed by atoms with E-state index in [-0.39, 0.29) is 0 Å². The van der Waals surface area contributed by atoms with Crippen LogP contribution in [0.2, 0.25) is 0 Å². The van der Waals surface area contributed by atoms with Crippen LogP contribution in [-0.4, -0.2) is 43.3 Å². The molecule has 1 saturated heterocycles. The van der Waals surface area contributed by atoms with Crippen LogP contribution in [0.15, 0.2) is 12.7 Å². The molecule has 0 aromatic carbocycles. The summed E-state index contributed by atoms with van der Waals surface area (Å²) in [4.78, 5) is 1.46. The molecule has 1 aliphatic heterocycles. The largest absolute Gasteiger partial charge is 0.401 e. The van der Waals surface area contributed by atoms with Gasteiger partial charge in [0, 0.05) is 12.6 Å². The zero-order valence-corrected chi connectivity index (χ0v) is 8.69. The van der Waals surface area contributed by atoms with Crippen molar-refractivity contribution in [3.63, 3.8) is 0 Å². The fourth-order valence-electron chi connectivity index (χ4n) is 1.80. The van der Waals surface area contributed by atoms with Crippen molar-refractivity contribution in [2.24, 2.45) is 0 Å². The van der Waals surface area contributed by atoms with Crippen molar-refractivity contribution < 1.29 is 13.2 Å². The van der Waals surface area contributed by atoms with Crippen molar-refractivity contribution in [2.75, 3.05) is 26.2 Å². The summed E-state index contributed by atoms with van der Waals surface area (Å²) in [5.41, 5.74) is 0. The molecule has 0 aromatic rings. The van der Waals surface area contributed by atoms with Gasteiger partial charge in [-0.1, -0.05) is 6.08 Å². The van der Waals surface area contributed by atoms with E-state index >= 15 is 0 Å². The maximum atomic E-state index is 12.1. The van der Waals surface area contributed by atoms with Crippen LogP contribution in [0, 0.1) is 0 Å². The van der Waals surface area contributed by atoms with Crippen LogP contribution in [0.3, 0.4) is 0 Å². The standard InChI is InChI=1S/C10H17F3N2/c1-2-5-14-9-3-6-15(7-4-9)8-10(11,12)13/h2,9,14H,1,3-8H2. The molecule has 0 aromatic heterocycles. The number of nitrogens with zero attached hydrogens (tertiary/aromatic N) is 1. The van der Waals surface area contributed by atoms with Crippen LogP contribution < -0.4 is 5.32 Å². The van der Waals surface area contributed by atoms with Crippen molar-refractivity contribution in [3.05, 3.63) is 12.7 Å². The summed E-state index contributed by atoms with van der Waals surface area (Å²) in [6, 6.07) is 0.340. The predicted molar refractivity (Wildman–Crippen MR) is 53.7 cm³/mol. The molecule has 5 heteroatoms. The first kappa shape index (κ1) is 12.5. The molecular formula is C10H17F3N2. The maximum absolute atomic E-state index is 12.1. The summed E-state index contributed by atoms with van der Waals surface area (Å²) in [5, 5.41) is 3.23. The molecule has 1 N–H and O–H groups in total. The molecule has 0 amide bonds. The van der Waals surface area contributed by atoms with Gasteiger partial charge < -0.3 is 5.32 Å². The van der Waals surface area contributed by atoms with Crippen molar-refractivity contribution in [3.8, 4) is 0 Å². The Hall–Kier alpha value is -0.550. The molecule has 1 heterocycles. The molecule has 0 radical (unpaired) electrons. The molecule has 0 spiro atoms. The number of likely N-dealkylation sites (tertiary alicyclic amines) is 1. The first-order chi connectivity index (χ1) is 7.01. The number of nitrogens with one attached hydrogen (secondary N) is 1. The lowest BCUT2D eigenvalue weighted by atomic mass is 10.1. The van der Waals surface area contributed by atoms with E-state index in [1.54, 1.807) is 6.08 Å². The fourth-order valence-corrected chi connectivity index (χ4v) is 1.80. The summed E-state index contributed by atoms with van der Waals surface area (Å²) >= 11 is 0. The van der Waals surface area contributed by atoms with E-state index in [9.17, 15) is 13.2 Å². The van der Waals surface area contributed by atoms with Crippen LogP contribution in [0.4, 0.5) is 13.2 Å². The van der Waals surface area contributed by atoms with Gasteiger partial charge in [-0.05, 0) is 25.9 Å². The van der Waals surface area contributed by atoms with Gasteiger partial charge in [-0.2, -0.15) is 13.2 Å². The predicted octanol–water partition coefficient (Wildman–Crippen LogP) is 1.79. The molecular weight excluding hydrogens is 205 g/mol. The van der Waals surface area contributed by atoms with Gasteiger partial charge in [0.2, 0.25) is 0 Å². The average molecular weight is 222 g/mol. The molecule has 0 aliphatic carbocycles. The number of hydrogen-bond donors (Lipinski definition) is 1. The third kappa shape index (κ3) is 5.18. The highest BCUT2D eigenvalue weighted by Gasteiger charge is 2.32. The Morgan fingerprint density at radius 3 is 2.40 bits per heavy atom. The maximum Gasteiger partial charge on any atom is 0.401 e. The van der Waals surface area contributed by atoms with Crippen molar-refractivity contribution >= 4 is 0 Å². The highest BCUT2D eigenvalue weighted by Crippen LogP contribution is 2.19. The summed E-state index contributed by atoms with van der Waals surface area (Å²) < 4.78 is 36.2. The van der Waals surface area contributed by atoms with Gasteiger partial charge in [0.15, 0.2) is 0 Å². The number of rotatable bonds is 4. The Morgan fingerprint density at radius 1 is 1.33 bits per heavy atom. The number of halogens is 3. The minimum Gasteiger partial charge on any atom is -0.310 e. The molecule has 0 bridgehead atoms. The molecule has 0 unspecified atom stereocenters. The number of piperidine rings is 1. The summed E-state index contributed by atoms with van der Waals surface area (Å²) in [6.07, 6.45) is -0.739. The lowest BCUT2D eigenvalue weighted by Crippen LogP contribution is -2.45. The first-order valence-corrected chi connectivity index (χ1v) is 5.14. The molecule has 0 saturated carbocycles. The van der Waals surface area contributed by atoms with Gasteiger partial charge in [0.25, 0.3) is 0 Å². The van der Waals surface area contributed by atoms with Crippen molar-refractivity contribution in [1.29, 1.82) is 0 Å². The molecule has 1 rings (SSSR count). The van der Waals surface area contributed by atoms with Gasteiger partial charge in [-0.15, -0.1) is 6.58 Å². The van der Waals surface area contributed by atoms with Crippen LogP contribution in [0.5, 0.6) is 0 Å². The van der Waals surface area contributed by atoms with Gasteiger partial charge in [-0.3, -0.25) is 4.90 Å². The highest BCUT2D eigenvalue weighted by molar-refractivity contribution is 4.81. The van der Waals surface area contributed by atoms with Crippen molar-refractivity contribution in [2.45, 2.75) is 25.1 Å². The third-order valence-corrected chi connectivity index (χ3v) is 2.54. The molecule has 2 nitrogen and oxygen atoms in total. The Kier molecular flexibility index (Phi) is 4.60. The fraction of sp³-hybridized carbons (Fsp3) is 0.800. The Labute approximate surface area is 88.1 Å². The first-order valence-electron chi connectivity index (χ1n) is 5.14. The van der Waals surface area contributed by atoms with Gasteiger partial charge in [-0.25, -0.2) is 0 Å². The molecule has 0 atom stereocenters. The normalized spacial score (nSPS) is 20.5. The lowest BCUT2D eigenvalue weighted by Gasteiger charge is -2.32. The number of hydrogen-bond acceptors (Lipinski definition) is 2. The molecule has 15 heavy (non-hydrogen) atoms. The summed E-state index contributed by atoms with van der Waals surface area (Å²) in [5.74, 6) is 0. The van der Waals surface area contributed by atoms with E-state index in [4.69, 9.17) is 0 Å². The van der Waals surface area contributed by atoms with Crippen LogP contribution in [0.25, 0.3) is 0 Å². The van der Waals surface area contributed by atoms with E-state index in [1.165, 1.54) is 4.90 Å². The summed E-state index contributed by atoms with van der Waals surface area (Å²) in [7, 11) is 0. The van der Waals surface area contributed by atoms with E-state index in [2.05, 4.69) is 11.9 Å². The van der Waals surface area contributed by atoms with E-state index in [0.29, 0.717) is 19.1 Å². The second kappa shape index (κ2) is 5.51. The van der Waals surface area contributed by atoms with Gasteiger partial charge >= 0.3 is 6.18 Å². The minimum atomic E-state index is -4.07. The van der Waals surface area contributed by atoms with Gasteiger partial charge in [0.05, 0.1) is 6.54 Å². The zero-order valence-electron chi connectivity index (χ0n) is 8.69. The molecule has 1 aliphatic rings. The smallest absolute Gasteiger partial charge is 0.310 e. The van der Waals surface area contributed by atoms with Crippen molar-refractivity contribution in [1.82, 2.24) is 10.2 Å². The topological polar surface area (TPSA) is 15.3 Å². The van der Waals surface area contributed by atoms with E-state index < -0.39 is 12.7 Å². The second-order valence-electron chi connectivity index (χ2n) is 3.86. The van der Waals surface area contributed by atoms with E-state index in [0.717, 1.165) is 19.4 Å². The SMILES string of the molecule is C=CCNC1CCN(CC(F)(F)F)CC1. The molecule has 88 valence electrons. The highest BCUT2D eigenvalue weighted by atomic mass is 19.4. The average Bonchev–Trinajstić information content (AvgIpc) is 2.14. The van der Waals surface area contributed by atoms with Gasteiger partial charge in [0.1, 0.15) is 0 Å². The Morgan fingerprint density at radius 2 is 1.93 bits per heavy atom. The van der Waals surface area contributed by atoms with Crippen LogP contribution in [-0.2, 0) is 0 Å². The van der Waals surface area contributed by atoms with E-state index in [1.807, 2.05) is 0 Å². The molecule has 1 fully saturated rings. The second-order valence-corrected chi connectivity index (χ2v) is 3.86. The summed E-state index contributed by atoms with van der Waals surface area (Å²) in [6.45, 7) is 4.58. The Balaban J connectivity index is 2.21. The zero-order chi connectivity index (χ0) is 11.3. The van der Waals surface area contributed by atoms with Crippen LogP contribution in [0.1, 0.15) is 12.8 Å². The third-order valence-electron chi connectivity index (χ3n) is 2.54. The van der Waals surface area contributed by atoms with Crippen LogP contribution >= 0.6 is 0 Å². The quantitative estimate of drug-likeness (QED) is 0.729.